The molecule has 2 aromatic carbocycles. The second-order valence-electron chi connectivity index (χ2n) is 4.11. The van der Waals surface area contributed by atoms with E-state index in [-0.39, 0.29) is 22.9 Å². The molecule has 0 saturated carbocycles. The molecule has 2 aromatic rings. The lowest BCUT2D eigenvalue weighted by molar-refractivity contribution is 0.105. The van der Waals surface area contributed by atoms with Crippen LogP contribution in [-0.2, 0) is 0 Å². The minimum atomic E-state index is -0.373. The zero-order chi connectivity index (χ0) is 12.7. The quantitative estimate of drug-likeness (QED) is 0.828. The number of carbonyl (C=O) groups excluding carboxylic acids is 1. The summed E-state index contributed by atoms with van der Waals surface area (Å²) in [6, 6.07) is 12.4. The Morgan fingerprint density at radius 2 is 1.50 bits per heavy atom. The Morgan fingerprint density at radius 1 is 0.889 bits per heavy atom. The number of rotatable bonds is 1. The monoisotopic (exact) mass is 240 g/mol. The zero-order valence-electron chi connectivity index (χ0n) is 9.35. The van der Waals surface area contributed by atoms with E-state index in [4.69, 9.17) is 0 Å². The predicted octanol–water partition coefficient (Wildman–Crippen LogP) is 3.45. The van der Waals surface area contributed by atoms with Crippen molar-refractivity contribution in [2.45, 2.75) is 0 Å². The number of hydrogen-bond donors (Lipinski definition) is 1. The molecule has 0 bridgehead atoms. The van der Waals surface area contributed by atoms with E-state index in [1.165, 1.54) is 24.3 Å². The highest BCUT2D eigenvalue weighted by molar-refractivity contribution is 6.38. The number of carbonyl (C=O) groups is 1. The average Bonchev–Trinajstić information content (AvgIpc) is 2.64. The summed E-state index contributed by atoms with van der Waals surface area (Å²) in [6.45, 7) is 0. The number of Topliss-reactive ketones (excluding diaryl/α,β-unsaturated/α-hetero) is 1. The van der Waals surface area contributed by atoms with Crippen molar-refractivity contribution in [2.24, 2.45) is 0 Å². The van der Waals surface area contributed by atoms with Crippen molar-refractivity contribution in [1.82, 2.24) is 0 Å². The molecule has 1 N–H and O–H groups in total. The van der Waals surface area contributed by atoms with Crippen molar-refractivity contribution in [3.05, 3.63) is 71.0 Å². The van der Waals surface area contributed by atoms with Crippen molar-refractivity contribution in [3.63, 3.8) is 0 Å². The van der Waals surface area contributed by atoms with Gasteiger partial charge in [0, 0.05) is 11.1 Å². The van der Waals surface area contributed by atoms with E-state index < -0.39 is 0 Å². The van der Waals surface area contributed by atoms with Crippen LogP contribution >= 0.6 is 0 Å². The molecule has 3 rings (SSSR count). The van der Waals surface area contributed by atoms with Crippen LogP contribution in [-0.4, -0.2) is 10.9 Å². The van der Waals surface area contributed by atoms with Crippen LogP contribution in [0.5, 0.6) is 0 Å². The molecule has 0 fully saturated rings. The third kappa shape index (κ3) is 1.44. The molecule has 0 aliphatic heterocycles. The number of ketones is 1. The van der Waals surface area contributed by atoms with E-state index in [9.17, 15) is 14.3 Å². The van der Waals surface area contributed by atoms with E-state index >= 15 is 0 Å². The predicted molar refractivity (Wildman–Crippen MR) is 66.6 cm³/mol. The maximum Gasteiger partial charge on any atom is 0.198 e. The third-order valence-electron chi connectivity index (χ3n) is 3.02. The van der Waals surface area contributed by atoms with Gasteiger partial charge < -0.3 is 5.11 Å². The van der Waals surface area contributed by atoms with Crippen LogP contribution in [0.25, 0.3) is 11.3 Å². The molecular formula is C15H9FO2. The molecule has 0 saturated heterocycles. The first kappa shape index (κ1) is 10.7. The van der Waals surface area contributed by atoms with Crippen LogP contribution in [0.15, 0.2) is 48.5 Å². The largest absolute Gasteiger partial charge is 0.507 e. The molecule has 88 valence electrons. The maximum absolute atomic E-state index is 12.9. The molecule has 2 nitrogen and oxygen atoms in total. The number of aliphatic hydroxyl groups is 1. The van der Waals surface area contributed by atoms with Gasteiger partial charge in [-0.25, -0.2) is 4.39 Å². The summed E-state index contributed by atoms with van der Waals surface area (Å²) in [5.41, 5.74) is 1.77. The normalized spacial score (nSPS) is 13.9. The number of aliphatic hydroxyl groups excluding tert-OH is 1. The maximum atomic E-state index is 12.9. The van der Waals surface area contributed by atoms with Gasteiger partial charge in [-0.3, -0.25) is 4.79 Å². The Labute approximate surface area is 103 Å². The van der Waals surface area contributed by atoms with Crippen LogP contribution in [0.4, 0.5) is 4.39 Å². The summed E-state index contributed by atoms with van der Waals surface area (Å²) >= 11 is 0. The molecule has 0 radical (unpaired) electrons. The van der Waals surface area contributed by atoms with Gasteiger partial charge in [0.15, 0.2) is 5.78 Å². The zero-order valence-corrected chi connectivity index (χ0v) is 9.35. The van der Waals surface area contributed by atoms with Crippen LogP contribution < -0.4 is 0 Å². The number of allylic oxidation sites excluding steroid dienone is 1. The number of hydrogen-bond acceptors (Lipinski definition) is 2. The Morgan fingerprint density at radius 3 is 2.11 bits per heavy atom. The van der Waals surface area contributed by atoms with Gasteiger partial charge in [-0.1, -0.05) is 36.4 Å². The first-order valence-electron chi connectivity index (χ1n) is 5.52. The fraction of sp³-hybridized carbons (Fsp3) is 0. The van der Waals surface area contributed by atoms with Gasteiger partial charge in [0.1, 0.15) is 11.6 Å². The Hall–Kier alpha value is -2.42. The molecule has 1 aliphatic carbocycles. The molecule has 0 spiro atoms. The SMILES string of the molecule is O=C1C(c2ccc(F)cc2)=C(O)c2ccccc21. The van der Waals surface area contributed by atoms with E-state index in [1.54, 1.807) is 24.3 Å². The van der Waals surface area contributed by atoms with Crippen LogP contribution in [0.2, 0.25) is 0 Å². The molecule has 0 unspecified atom stereocenters. The molecule has 18 heavy (non-hydrogen) atoms. The van der Waals surface area contributed by atoms with Gasteiger partial charge in [0.25, 0.3) is 0 Å². The van der Waals surface area contributed by atoms with Crippen LogP contribution in [0.3, 0.4) is 0 Å². The Balaban J connectivity index is 2.18. The lowest BCUT2D eigenvalue weighted by atomic mass is 10.0. The first-order chi connectivity index (χ1) is 8.68. The number of halogens is 1. The highest BCUT2D eigenvalue weighted by Crippen LogP contribution is 2.36. The standard InChI is InChI=1S/C15H9FO2/c16-10-7-5-9(6-8-10)13-14(17)11-3-1-2-4-12(11)15(13)18/h1-8,17H. The second-order valence-corrected chi connectivity index (χ2v) is 4.11. The average molecular weight is 240 g/mol. The lowest BCUT2D eigenvalue weighted by Crippen LogP contribution is -1.98. The van der Waals surface area contributed by atoms with Crippen molar-refractivity contribution in [1.29, 1.82) is 0 Å². The molecule has 0 amide bonds. The Kier molecular flexibility index (Phi) is 2.27. The fourth-order valence-corrected chi connectivity index (χ4v) is 2.15. The highest BCUT2D eigenvalue weighted by Gasteiger charge is 2.29. The summed E-state index contributed by atoms with van der Waals surface area (Å²) in [6.07, 6.45) is 0. The minimum absolute atomic E-state index is 0.0396. The summed E-state index contributed by atoms with van der Waals surface area (Å²) in [7, 11) is 0. The van der Waals surface area contributed by atoms with E-state index in [1.807, 2.05) is 0 Å². The summed E-state index contributed by atoms with van der Waals surface area (Å²) in [4.78, 5) is 12.2. The van der Waals surface area contributed by atoms with Crippen LogP contribution in [0.1, 0.15) is 21.5 Å². The molecule has 0 heterocycles. The smallest absolute Gasteiger partial charge is 0.198 e. The van der Waals surface area contributed by atoms with Gasteiger partial charge in [-0.15, -0.1) is 0 Å². The van der Waals surface area contributed by atoms with Crippen molar-refractivity contribution >= 4 is 17.1 Å². The summed E-state index contributed by atoms with van der Waals surface area (Å²) in [5, 5.41) is 10.1. The highest BCUT2D eigenvalue weighted by atomic mass is 19.1. The third-order valence-corrected chi connectivity index (χ3v) is 3.02. The van der Waals surface area contributed by atoms with Gasteiger partial charge >= 0.3 is 0 Å². The topological polar surface area (TPSA) is 37.3 Å². The summed E-state index contributed by atoms with van der Waals surface area (Å²) < 4.78 is 12.9. The molecule has 1 aliphatic rings. The number of benzene rings is 2. The first-order valence-corrected chi connectivity index (χ1v) is 5.52. The van der Waals surface area contributed by atoms with Gasteiger partial charge in [0.05, 0.1) is 5.57 Å². The van der Waals surface area contributed by atoms with E-state index in [2.05, 4.69) is 0 Å². The fourth-order valence-electron chi connectivity index (χ4n) is 2.15. The van der Waals surface area contributed by atoms with Gasteiger partial charge in [-0.05, 0) is 17.7 Å². The van der Waals surface area contributed by atoms with Crippen molar-refractivity contribution in [2.75, 3.05) is 0 Å². The molecule has 0 atom stereocenters. The molecular weight excluding hydrogens is 231 g/mol. The van der Waals surface area contributed by atoms with Gasteiger partial charge in [-0.2, -0.15) is 0 Å². The van der Waals surface area contributed by atoms with E-state index in [0.717, 1.165) is 0 Å². The Bertz CT molecular complexity index is 669. The van der Waals surface area contributed by atoms with Crippen molar-refractivity contribution in [3.8, 4) is 0 Å². The lowest BCUT2D eigenvalue weighted by Gasteiger charge is -2.01. The molecule has 3 heteroatoms. The number of fused-ring (bicyclic) bond motifs is 1. The second kappa shape index (κ2) is 3.81. The van der Waals surface area contributed by atoms with E-state index in [0.29, 0.717) is 16.7 Å². The van der Waals surface area contributed by atoms with Gasteiger partial charge in [0.2, 0.25) is 0 Å². The van der Waals surface area contributed by atoms with Crippen LogP contribution in [0, 0.1) is 5.82 Å². The molecule has 0 aromatic heterocycles. The minimum Gasteiger partial charge on any atom is -0.507 e. The summed E-state index contributed by atoms with van der Waals surface area (Å²) in [5.74, 6) is -0.640. The van der Waals surface area contributed by atoms with Crippen molar-refractivity contribution < 1.29 is 14.3 Å².